The molecule has 20 heavy (non-hydrogen) atoms. The van der Waals surface area contributed by atoms with Gasteiger partial charge in [-0.3, -0.25) is 9.69 Å². The fourth-order valence-corrected chi connectivity index (χ4v) is 1.91. The van der Waals surface area contributed by atoms with E-state index >= 15 is 0 Å². The van der Waals surface area contributed by atoms with Crippen LogP contribution >= 0.6 is 0 Å². The molecule has 1 N–H and O–H groups in total. The van der Waals surface area contributed by atoms with Gasteiger partial charge in [-0.05, 0) is 50.5 Å². The maximum atomic E-state index is 12.8. The largest absolute Gasteiger partial charge is 0.468 e. The lowest BCUT2D eigenvalue weighted by Crippen LogP contribution is -2.34. The van der Waals surface area contributed by atoms with E-state index in [0.29, 0.717) is 12.1 Å². The van der Waals surface area contributed by atoms with Gasteiger partial charge in [0.05, 0.1) is 12.3 Å². The third-order valence-corrected chi connectivity index (χ3v) is 3.06. The van der Waals surface area contributed by atoms with Crippen LogP contribution in [0.15, 0.2) is 47.1 Å². The molecule has 0 spiro atoms. The Balaban J connectivity index is 1.99. The summed E-state index contributed by atoms with van der Waals surface area (Å²) in [6, 6.07) is 9.09. The topological polar surface area (TPSA) is 45.5 Å². The van der Waals surface area contributed by atoms with Gasteiger partial charge in [-0.25, -0.2) is 4.39 Å². The van der Waals surface area contributed by atoms with Crippen molar-refractivity contribution in [2.24, 2.45) is 0 Å². The first-order valence-electron chi connectivity index (χ1n) is 6.31. The van der Waals surface area contributed by atoms with Crippen molar-refractivity contribution in [3.63, 3.8) is 0 Å². The molecule has 0 saturated heterocycles. The van der Waals surface area contributed by atoms with Gasteiger partial charge in [0.2, 0.25) is 0 Å². The fraction of sp³-hybridized carbons (Fsp3) is 0.267. The van der Waals surface area contributed by atoms with Crippen molar-refractivity contribution < 1.29 is 13.6 Å². The molecule has 1 amide bonds. The van der Waals surface area contributed by atoms with Crippen molar-refractivity contribution in [2.75, 3.05) is 20.6 Å². The number of hydrogen-bond donors (Lipinski definition) is 1. The van der Waals surface area contributed by atoms with Crippen LogP contribution in [0.5, 0.6) is 0 Å². The lowest BCUT2D eigenvalue weighted by atomic mass is 10.1. The summed E-state index contributed by atoms with van der Waals surface area (Å²) in [6.07, 6.45) is 1.60. The van der Waals surface area contributed by atoms with E-state index in [0.717, 1.165) is 5.76 Å². The van der Waals surface area contributed by atoms with Gasteiger partial charge in [0.15, 0.2) is 0 Å². The molecular formula is C15H17FN2O2. The average Bonchev–Trinajstić information content (AvgIpc) is 2.93. The molecule has 0 aliphatic heterocycles. The van der Waals surface area contributed by atoms with Crippen LogP contribution in [0, 0.1) is 5.82 Å². The minimum absolute atomic E-state index is 0.0469. The van der Waals surface area contributed by atoms with Crippen molar-refractivity contribution in [2.45, 2.75) is 6.04 Å². The van der Waals surface area contributed by atoms with E-state index in [1.54, 1.807) is 6.26 Å². The maximum absolute atomic E-state index is 12.8. The molecular weight excluding hydrogens is 259 g/mol. The summed E-state index contributed by atoms with van der Waals surface area (Å²) in [5, 5.41) is 2.83. The Kier molecular flexibility index (Phi) is 4.53. The third kappa shape index (κ3) is 3.45. The number of furan rings is 1. The van der Waals surface area contributed by atoms with Crippen molar-refractivity contribution in [1.82, 2.24) is 10.2 Å². The minimum Gasteiger partial charge on any atom is -0.468 e. The summed E-state index contributed by atoms with van der Waals surface area (Å²) >= 11 is 0. The van der Waals surface area contributed by atoms with Gasteiger partial charge in [-0.1, -0.05) is 0 Å². The molecule has 0 radical (unpaired) electrons. The lowest BCUT2D eigenvalue weighted by molar-refractivity contribution is 0.0939. The zero-order valence-electron chi connectivity index (χ0n) is 11.5. The van der Waals surface area contributed by atoms with Crippen LogP contribution in [0.4, 0.5) is 4.39 Å². The van der Waals surface area contributed by atoms with Crippen LogP contribution in [-0.2, 0) is 0 Å². The molecule has 1 unspecified atom stereocenters. The summed E-state index contributed by atoms with van der Waals surface area (Å²) in [5.41, 5.74) is 0.434. The molecule has 0 saturated carbocycles. The van der Waals surface area contributed by atoms with Crippen molar-refractivity contribution in [3.05, 3.63) is 59.8 Å². The number of halogens is 1. The Labute approximate surface area is 117 Å². The zero-order chi connectivity index (χ0) is 14.5. The Morgan fingerprint density at radius 2 is 2.00 bits per heavy atom. The van der Waals surface area contributed by atoms with Crippen LogP contribution in [0.1, 0.15) is 22.2 Å². The number of amides is 1. The van der Waals surface area contributed by atoms with Gasteiger partial charge in [0.25, 0.3) is 5.91 Å². The molecule has 1 aromatic heterocycles. The highest BCUT2D eigenvalue weighted by Gasteiger charge is 2.18. The summed E-state index contributed by atoms with van der Waals surface area (Å²) < 4.78 is 18.2. The highest BCUT2D eigenvalue weighted by Crippen LogP contribution is 2.17. The normalized spacial score (nSPS) is 12.4. The summed E-state index contributed by atoms with van der Waals surface area (Å²) in [6.45, 7) is 0.413. The van der Waals surface area contributed by atoms with Crippen molar-refractivity contribution in [3.8, 4) is 0 Å². The molecule has 4 nitrogen and oxygen atoms in total. The lowest BCUT2D eigenvalue weighted by Gasteiger charge is -2.22. The van der Waals surface area contributed by atoms with Gasteiger partial charge in [-0.2, -0.15) is 0 Å². The van der Waals surface area contributed by atoms with E-state index in [1.165, 1.54) is 24.3 Å². The van der Waals surface area contributed by atoms with E-state index in [9.17, 15) is 9.18 Å². The van der Waals surface area contributed by atoms with Crippen LogP contribution in [0.3, 0.4) is 0 Å². The third-order valence-electron chi connectivity index (χ3n) is 3.06. The van der Waals surface area contributed by atoms with Crippen LogP contribution in [-0.4, -0.2) is 31.4 Å². The second-order valence-electron chi connectivity index (χ2n) is 4.71. The number of benzene rings is 1. The number of hydrogen-bond acceptors (Lipinski definition) is 3. The van der Waals surface area contributed by atoms with E-state index in [-0.39, 0.29) is 17.8 Å². The predicted molar refractivity (Wildman–Crippen MR) is 73.9 cm³/mol. The SMILES string of the molecule is CN(C)C(CNC(=O)c1ccc(F)cc1)c1ccco1. The van der Waals surface area contributed by atoms with E-state index in [2.05, 4.69) is 5.32 Å². The van der Waals surface area contributed by atoms with Gasteiger partial charge in [0.1, 0.15) is 11.6 Å². The number of carbonyl (C=O) groups excluding carboxylic acids is 1. The molecule has 5 heteroatoms. The van der Waals surface area contributed by atoms with Crippen LogP contribution in [0.25, 0.3) is 0 Å². The Morgan fingerprint density at radius 1 is 1.30 bits per heavy atom. The number of nitrogens with one attached hydrogen (secondary N) is 1. The quantitative estimate of drug-likeness (QED) is 0.912. The molecule has 0 aliphatic carbocycles. The summed E-state index contributed by atoms with van der Waals surface area (Å²) in [4.78, 5) is 13.9. The van der Waals surface area contributed by atoms with E-state index in [4.69, 9.17) is 4.42 Å². The molecule has 2 rings (SSSR count). The Hall–Kier alpha value is -2.14. The second-order valence-corrected chi connectivity index (χ2v) is 4.71. The highest BCUT2D eigenvalue weighted by molar-refractivity contribution is 5.94. The molecule has 1 aromatic carbocycles. The molecule has 0 bridgehead atoms. The number of likely N-dealkylation sites (N-methyl/N-ethyl adjacent to an activating group) is 1. The number of rotatable bonds is 5. The van der Waals surface area contributed by atoms with Crippen LogP contribution in [0.2, 0.25) is 0 Å². The Morgan fingerprint density at radius 3 is 2.55 bits per heavy atom. The van der Waals surface area contributed by atoms with Gasteiger partial charge in [0, 0.05) is 12.1 Å². The van der Waals surface area contributed by atoms with E-state index in [1.807, 2.05) is 31.1 Å². The molecule has 1 heterocycles. The predicted octanol–water partition coefficient (Wildman–Crippen LogP) is 2.45. The highest BCUT2D eigenvalue weighted by atomic mass is 19.1. The summed E-state index contributed by atoms with van der Waals surface area (Å²) in [5.74, 6) is 0.195. The molecule has 0 aliphatic rings. The number of nitrogens with zero attached hydrogens (tertiary/aromatic N) is 1. The van der Waals surface area contributed by atoms with Crippen molar-refractivity contribution >= 4 is 5.91 Å². The summed E-state index contributed by atoms with van der Waals surface area (Å²) in [7, 11) is 3.83. The fourth-order valence-electron chi connectivity index (χ4n) is 1.91. The molecule has 106 valence electrons. The number of carbonyl (C=O) groups is 1. The zero-order valence-corrected chi connectivity index (χ0v) is 11.5. The monoisotopic (exact) mass is 276 g/mol. The molecule has 1 atom stereocenters. The van der Waals surface area contributed by atoms with Gasteiger partial charge in [-0.15, -0.1) is 0 Å². The average molecular weight is 276 g/mol. The van der Waals surface area contributed by atoms with Gasteiger partial charge < -0.3 is 9.73 Å². The standard InChI is InChI=1S/C15H17FN2O2/c1-18(2)13(14-4-3-9-20-14)10-17-15(19)11-5-7-12(16)8-6-11/h3-9,13H,10H2,1-2H3,(H,17,19). The van der Waals surface area contributed by atoms with Crippen LogP contribution < -0.4 is 5.32 Å². The Bertz CT molecular complexity index is 550. The first-order chi connectivity index (χ1) is 9.58. The van der Waals surface area contributed by atoms with Gasteiger partial charge >= 0.3 is 0 Å². The molecule has 2 aromatic rings. The molecule has 0 fully saturated rings. The first-order valence-corrected chi connectivity index (χ1v) is 6.31. The smallest absolute Gasteiger partial charge is 0.251 e. The van der Waals surface area contributed by atoms with E-state index < -0.39 is 0 Å². The second kappa shape index (κ2) is 6.34. The maximum Gasteiger partial charge on any atom is 0.251 e. The minimum atomic E-state index is -0.358. The van der Waals surface area contributed by atoms with Crippen molar-refractivity contribution in [1.29, 1.82) is 0 Å². The first kappa shape index (κ1) is 14.3.